The summed E-state index contributed by atoms with van der Waals surface area (Å²) in [6, 6.07) is 6.54. The summed E-state index contributed by atoms with van der Waals surface area (Å²) >= 11 is 0. The maximum Gasteiger partial charge on any atom is 0.317 e. The number of carbonyl (C=O) groups is 1. The van der Waals surface area contributed by atoms with E-state index in [0.717, 1.165) is 19.4 Å². The minimum absolute atomic E-state index is 0.0629. The van der Waals surface area contributed by atoms with Crippen LogP contribution >= 0.6 is 0 Å². The lowest BCUT2D eigenvalue weighted by Gasteiger charge is -2.45. The Morgan fingerprint density at radius 3 is 2.89 bits per heavy atom. The van der Waals surface area contributed by atoms with Crippen LogP contribution in [-0.4, -0.2) is 81.7 Å². The fraction of sp³-hybridized carbons (Fsp3) is 0.500. The Kier molecular flexibility index (Phi) is 8.12. The Morgan fingerprint density at radius 2 is 2.09 bits per heavy atom. The number of carbonyl (C=O) groups excluding carboxylic acids is 1. The van der Waals surface area contributed by atoms with Crippen LogP contribution in [0.2, 0.25) is 0 Å². The largest absolute Gasteiger partial charge is 0.461 e. The molecule has 2 unspecified atom stereocenters. The Morgan fingerprint density at radius 1 is 1.23 bits per heavy atom. The second-order valence-electron chi connectivity index (χ2n) is 13.1. The number of nitrogens with one attached hydrogen (secondary N) is 1. The van der Waals surface area contributed by atoms with Gasteiger partial charge in [-0.05, 0) is 62.4 Å². The summed E-state index contributed by atoms with van der Waals surface area (Å²) in [4.78, 5) is 30.6. The molecule has 7 rings (SSSR count). The average molecular weight is 650 g/mol. The summed E-state index contributed by atoms with van der Waals surface area (Å²) in [7, 11) is 0. The molecule has 9 nitrogen and oxygen atoms in total. The maximum absolute atomic E-state index is 15.3. The number of halogens is 4. The molecule has 1 amide bonds. The third kappa shape index (κ3) is 5.31. The molecule has 4 aliphatic rings. The van der Waals surface area contributed by atoms with Gasteiger partial charge < -0.3 is 15.0 Å². The van der Waals surface area contributed by atoms with Crippen molar-refractivity contribution in [2.24, 2.45) is 0 Å². The lowest BCUT2D eigenvalue weighted by Crippen LogP contribution is -2.61. The van der Waals surface area contributed by atoms with E-state index in [9.17, 15) is 23.2 Å². The Labute approximate surface area is 269 Å². The number of benzene rings is 1. The van der Waals surface area contributed by atoms with E-state index in [2.05, 4.69) is 27.8 Å². The number of fused-ring (bicyclic) bond motifs is 3. The van der Waals surface area contributed by atoms with Crippen molar-refractivity contribution in [2.45, 2.75) is 68.4 Å². The van der Waals surface area contributed by atoms with E-state index in [1.165, 1.54) is 23.2 Å². The number of piperazine rings is 1. The highest BCUT2D eigenvalue weighted by molar-refractivity contribution is 5.92. The molecule has 2 aromatic heterocycles. The normalized spacial score (nSPS) is 27.3. The second-order valence-corrected chi connectivity index (χ2v) is 13.1. The fourth-order valence-electron chi connectivity index (χ4n) is 8.12. The zero-order valence-corrected chi connectivity index (χ0v) is 25.9. The molecule has 0 radical (unpaired) electrons. The molecule has 3 saturated heterocycles. The van der Waals surface area contributed by atoms with Gasteiger partial charge in [0.15, 0.2) is 5.83 Å². The molecular formula is C34H35F4N7O2. The zero-order valence-electron chi connectivity index (χ0n) is 25.9. The summed E-state index contributed by atoms with van der Waals surface area (Å²) in [6.07, 6.45) is 2.12. The smallest absolute Gasteiger partial charge is 0.317 e. The molecular weight excluding hydrogens is 614 g/mol. The van der Waals surface area contributed by atoms with Crippen LogP contribution in [0.15, 0.2) is 36.8 Å². The molecule has 5 heterocycles. The number of pyridine rings is 1. The van der Waals surface area contributed by atoms with Gasteiger partial charge in [-0.25, -0.2) is 17.6 Å². The minimum atomic E-state index is -1.45. The molecule has 1 aliphatic carbocycles. The summed E-state index contributed by atoms with van der Waals surface area (Å²) in [5.74, 6) is -2.60. The number of nitrogens with zero attached hydrogens (tertiary/aromatic N) is 6. The minimum Gasteiger partial charge on any atom is -0.461 e. The molecule has 47 heavy (non-hydrogen) atoms. The highest BCUT2D eigenvalue weighted by atomic mass is 19.1. The first-order chi connectivity index (χ1) is 22.7. The van der Waals surface area contributed by atoms with Gasteiger partial charge in [0.25, 0.3) is 5.91 Å². The fourth-order valence-corrected chi connectivity index (χ4v) is 8.12. The summed E-state index contributed by atoms with van der Waals surface area (Å²) in [5, 5.41) is 13.6. The highest BCUT2D eigenvalue weighted by Gasteiger charge is 2.50. The SMILES string of the molecule is C=C(F)C(=O)N1CCNCC1(CC#N)c1nc(OC[C@@]23CCCN2C[C@H](F)C3)nc2cc(-c3ccc(F)c4c3C(F)CCC4)ncc12. The molecule has 0 saturated carbocycles. The first-order valence-corrected chi connectivity index (χ1v) is 16.1. The van der Waals surface area contributed by atoms with Gasteiger partial charge in [0.05, 0.1) is 34.9 Å². The Bertz CT molecular complexity index is 1800. The van der Waals surface area contributed by atoms with E-state index in [-0.39, 0.29) is 49.8 Å². The number of aromatic nitrogens is 3. The second kappa shape index (κ2) is 12.1. The van der Waals surface area contributed by atoms with Gasteiger partial charge in [-0.1, -0.05) is 6.58 Å². The van der Waals surface area contributed by atoms with Gasteiger partial charge in [-0.2, -0.15) is 15.2 Å². The van der Waals surface area contributed by atoms with E-state index in [1.807, 2.05) is 0 Å². The predicted octanol–water partition coefficient (Wildman–Crippen LogP) is 5.16. The summed E-state index contributed by atoms with van der Waals surface area (Å²) < 4.78 is 65.3. The summed E-state index contributed by atoms with van der Waals surface area (Å²) in [5.41, 5.74) is -0.0102. The molecule has 3 fully saturated rings. The quantitative estimate of drug-likeness (QED) is 0.277. The highest BCUT2D eigenvalue weighted by Crippen LogP contribution is 2.43. The van der Waals surface area contributed by atoms with Crippen molar-refractivity contribution < 1.29 is 27.1 Å². The lowest BCUT2D eigenvalue weighted by molar-refractivity contribution is -0.137. The maximum atomic E-state index is 15.3. The van der Waals surface area contributed by atoms with Crippen LogP contribution in [-0.2, 0) is 16.8 Å². The summed E-state index contributed by atoms with van der Waals surface area (Å²) in [6.45, 7) is 4.93. The number of ether oxygens (including phenoxy) is 1. The average Bonchev–Trinajstić information content (AvgIpc) is 3.59. The van der Waals surface area contributed by atoms with Crippen molar-refractivity contribution >= 4 is 16.8 Å². The van der Waals surface area contributed by atoms with Crippen LogP contribution in [0.1, 0.15) is 61.5 Å². The van der Waals surface area contributed by atoms with Crippen LogP contribution < -0.4 is 10.1 Å². The molecule has 0 bridgehead atoms. The van der Waals surface area contributed by atoms with E-state index in [4.69, 9.17) is 14.7 Å². The van der Waals surface area contributed by atoms with Crippen LogP contribution in [0.5, 0.6) is 6.01 Å². The van der Waals surface area contributed by atoms with Crippen LogP contribution in [0.25, 0.3) is 22.2 Å². The first-order valence-electron chi connectivity index (χ1n) is 16.1. The van der Waals surface area contributed by atoms with Gasteiger partial charge in [0.1, 0.15) is 30.3 Å². The van der Waals surface area contributed by atoms with Crippen LogP contribution in [0.4, 0.5) is 17.6 Å². The van der Waals surface area contributed by atoms with E-state index in [1.54, 1.807) is 6.07 Å². The molecule has 3 aliphatic heterocycles. The molecule has 13 heteroatoms. The van der Waals surface area contributed by atoms with Crippen molar-refractivity contribution in [3.63, 3.8) is 0 Å². The number of hydrogen-bond acceptors (Lipinski definition) is 8. The number of nitriles is 1. The number of alkyl halides is 2. The molecule has 4 atom stereocenters. The van der Waals surface area contributed by atoms with Crippen molar-refractivity contribution in [1.82, 2.24) is 30.1 Å². The van der Waals surface area contributed by atoms with Crippen LogP contribution in [0.3, 0.4) is 0 Å². The Hall–Kier alpha value is -4.15. The van der Waals surface area contributed by atoms with Gasteiger partial charge in [0.2, 0.25) is 0 Å². The van der Waals surface area contributed by atoms with Gasteiger partial charge >= 0.3 is 6.01 Å². The molecule has 0 spiro atoms. The van der Waals surface area contributed by atoms with Gasteiger partial charge in [-0.15, -0.1) is 0 Å². The van der Waals surface area contributed by atoms with Crippen molar-refractivity contribution in [1.29, 1.82) is 5.26 Å². The van der Waals surface area contributed by atoms with Crippen molar-refractivity contribution in [3.05, 3.63) is 59.4 Å². The molecule has 3 aromatic rings. The Balaban J connectivity index is 1.39. The van der Waals surface area contributed by atoms with Gasteiger partial charge in [0, 0.05) is 55.3 Å². The third-order valence-corrected chi connectivity index (χ3v) is 10.3. The van der Waals surface area contributed by atoms with E-state index in [0.29, 0.717) is 60.1 Å². The van der Waals surface area contributed by atoms with Crippen molar-refractivity contribution in [3.8, 4) is 23.3 Å². The van der Waals surface area contributed by atoms with Crippen molar-refractivity contribution in [2.75, 3.05) is 39.3 Å². The van der Waals surface area contributed by atoms with E-state index >= 15 is 4.39 Å². The molecule has 1 N–H and O–H groups in total. The number of hydrogen-bond donors (Lipinski definition) is 1. The third-order valence-electron chi connectivity index (χ3n) is 10.3. The first kappa shape index (κ1) is 31.4. The van der Waals surface area contributed by atoms with Gasteiger partial charge in [-0.3, -0.25) is 14.7 Å². The number of amides is 1. The zero-order chi connectivity index (χ0) is 32.9. The predicted molar refractivity (Wildman–Crippen MR) is 165 cm³/mol. The monoisotopic (exact) mass is 649 g/mol. The topological polar surface area (TPSA) is 107 Å². The lowest BCUT2D eigenvalue weighted by atomic mass is 9.84. The number of rotatable bonds is 7. The molecule has 1 aromatic carbocycles. The van der Waals surface area contributed by atoms with Crippen LogP contribution in [0, 0.1) is 17.1 Å². The molecule has 246 valence electrons. The standard InChI is InChI=1S/C34H35F4N7O2/c1-20(35)31(46)45-13-11-40-18-34(45,9-10-39)30-24-16-41-27(23-6-7-25(37)22-4-2-5-26(38)29(22)23)14-28(24)42-32(43-30)47-19-33-8-3-12-44(33)17-21(36)15-33/h6-7,14,16,21,26,40H,1-5,8-9,11-13,15,17-19H2/t21-,26?,33+,34?/m1/s1. The van der Waals surface area contributed by atoms with E-state index < -0.39 is 41.0 Å².